The number of imidazole rings is 1. The molecule has 0 bridgehead atoms. The second kappa shape index (κ2) is 3.88. The molecule has 1 fully saturated rings. The zero-order valence-corrected chi connectivity index (χ0v) is 9.31. The standard InChI is InChI=1S/C12H15N3O/c1-9-3-2-4-12-14-10(8-15(9)12)11-7-13-5-6-16-11/h2-4,8,11,13H,5-7H2,1H3. The van der Waals surface area contributed by atoms with Gasteiger partial charge in [-0.25, -0.2) is 4.98 Å². The number of morpholine rings is 1. The lowest BCUT2D eigenvalue weighted by atomic mass is 10.2. The molecule has 4 heteroatoms. The van der Waals surface area contributed by atoms with Crippen molar-refractivity contribution in [3.63, 3.8) is 0 Å². The van der Waals surface area contributed by atoms with Crippen LogP contribution in [0.1, 0.15) is 17.5 Å². The highest BCUT2D eigenvalue weighted by Crippen LogP contribution is 2.19. The minimum Gasteiger partial charge on any atom is -0.369 e. The van der Waals surface area contributed by atoms with Crippen molar-refractivity contribution in [1.29, 1.82) is 0 Å². The zero-order chi connectivity index (χ0) is 11.0. The monoisotopic (exact) mass is 217 g/mol. The highest BCUT2D eigenvalue weighted by Gasteiger charge is 2.18. The number of fused-ring (bicyclic) bond motifs is 1. The third-order valence-corrected chi connectivity index (χ3v) is 2.97. The molecule has 3 heterocycles. The molecular formula is C12H15N3O. The van der Waals surface area contributed by atoms with Crippen molar-refractivity contribution < 1.29 is 4.74 Å². The Bertz CT molecular complexity index is 500. The fourth-order valence-electron chi connectivity index (χ4n) is 2.08. The van der Waals surface area contributed by atoms with E-state index < -0.39 is 0 Å². The molecule has 2 aromatic heterocycles. The Kier molecular flexibility index (Phi) is 2.38. The Balaban J connectivity index is 2.01. The molecule has 16 heavy (non-hydrogen) atoms. The molecule has 1 atom stereocenters. The number of rotatable bonds is 1. The van der Waals surface area contributed by atoms with Crippen molar-refractivity contribution in [1.82, 2.24) is 14.7 Å². The molecule has 2 aromatic rings. The molecule has 0 spiro atoms. The van der Waals surface area contributed by atoms with Gasteiger partial charge in [-0.05, 0) is 19.1 Å². The summed E-state index contributed by atoms with van der Waals surface area (Å²) in [6, 6.07) is 6.13. The molecule has 1 N–H and O–H groups in total. The average molecular weight is 217 g/mol. The van der Waals surface area contributed by atoms with Crippen LogP contribution in [0.3, 0.4) is 0 Å². The number of hydrogen-bond acceptors (Lipinski definition) is 3. The zero-order valence-electron chi connectivity index (χ0n) is 9.31. The molecule has 1 saturated heterocycles. The SMILES string of the molecule is Cc1cccc2nc(C3CNCCO3)cn12. The fraction of sp³-hybridized carbons (Fsp3) is 0.417. The Hall–Kier alpha value is -1.39. The Morgan fingerprint density at radius 3 is 3.19 bits per heavy atom. The summed E-state index contributed by atoms with van der Waals surface area (Å²) < 4.78 is 7.80. The van der Waals surface area contributed by atoms with Gasteiger partial charge in [-0.2, -0.15) is 0 Å². The first-order valence-corrected chi connectivity index (χ1v) is 5.61. The summed E-state index contributed by atoms with van der Waals surface area (Å²) in [6.07, 6.45) is 2.16. The molecule has 3 rings (SSSR count). The number of nitrogens with one attached hydrogen (secondary N) is 1. The quantitative estimate of drug-likeness (QED) is 0.782. The molecule has 0 radical (unpaired) electrons. The van der Waals surface area contributed by atoms with Crippen LogP contribution in [0, 0.1) is 6.92 Å². The number of hydrogen-bond donors (Lipinski definition) is 1. The lowest BCUT2D eigenvalue weighted by Crippen LogP contribution is -2.33. The van der Waals surface area contributed by atoms with E-state index in [1.807, 2.05) is 12.1 Å². The van der Waals surface area contributed by atoms with Crippen LogP contribution in [-0.4, -0.2) is 29.1 Å². The smallest absolute Gasteiger partial charge is 0.137 e. The van der Waals surface area contributed by atoms with Gasteiger partial charge in [-0.3, -0.25) is 0 Å². The van der Waals surface area contributed by atoms with E-state index in [0.717, 1.165) is 31.0 Å². The predicted octanol–water partition coefficient (Wildman–Crippen LogP) is 1.30. The van der Waals surface area contributed by atoms with Crippen LogP contribution >= 0.6 is 0 Å². The third kappa shape index (κ3) is 1.60. The topological polar surface area (TPSA) is 38.6 Å². The van der Waals surface area contributed by atoms with Crippen LogP contribution in [0.4, 0.5) is 0 Å². The molecule has 0 amide bonds. The van der Waals surface area contributed by atoms with Crippen molar-refractivity contribution in [2.45, 2.75) is 13.0 Å². The normalized spacial score (nSPS) is 21.4. The molecule has 4 nitrogen and oxygen atoms in total. The van der Waals surface area contributed by atoms with Crippen molar-refractivity contribution >= 4 is 5.65 Å². The number of aromatic nitrogens is 2. The largest absolute Gasteiger partial charge is 0.369 e. The summed E-state index contributed by atoms with van der Waals surface area (Å²) in [6.45, 7) is 4.63. The highest BCUT2D eigenvalue weighted by molar-refractivity contribution is 5.42. The van der Waals surface area contributed by atoms with E-state index in [9.17, 15) is 0 Å². The number of pyridine rings is 1. The first-order chi connectivity index (χ1) is 7.84. The van der Waals surface area contributed by atoms with Crippen molar-refractivity contribution in [2.75, 3.05) is 19.7 Å². The van der Waals surface area contributed by atoms with Crippen LogP contribution in [0.25, 0.3) is 5.65 Å². The fourth-order valence-corrected chi connectivity index (χ4v) is 2.08. The molecule has 1 aliphatic rings. The van der Waals surface area contributed by atoms with Crippen LogP contribution in [0.5, 0.6) is 0 Å². The van der Waals surface area contributed by atoms with Gasteiger partial charge in [0.25, 0.3) is 0 Å². The van der Waals surface area contributed by atoms with Gasteiger partial charge in [0.05, 0.1) is 12.3 Å². The lowest BCUT2D eigenvalue weighted by molar-refractivity contribution is 0.0253. The summed E-state index contributed by atoms with van der Waals surface area (Å²) in [7, 11) is 0. The van der Waals surface area contributed by atoms with E-state index in [2.05, 4.69) is 33.9 Å². The van der Waals surface area contributed by atoms with E-state index in [4.69, 9.17) is 4.74 Å². The van der Waals surface area contributed by atoms with Crippen molar-refractivity contribution in [2.24, 2.45) is 0 Å². The molecular weight excluding hydrogens is 202 g/mol. The van der Waals surface area contributed by atoms with Crippen molar-refractivity contribution in [3.8, 4) is 0 Å². The number of nitrogens with zero attached hydrogens (tertiary/aromatic N) is 2. The van der Waals surface area contributed by atoms with Gasteiger partial charge in [0, 0.05) is 25.0 Å². The van der Waals surface area contributed by atoms with Gasteiger partial charge in [-0.15, -0.1) is 0 Å². The summed E-state index contributed by atoms with van der Waals surface area (Å²) in [5, 5.41) is 3.32. The minimum absolute atomic E-state index is 0.0908. The van der Waals surface area contributed by atoms with Gasteiger partial charge in [0.2, 0.25) is 0 Å². The first-order valence-electron chi connectivity index (χ1n) is 5.61. The second-order valence-electron chi connectivity index (χ2n) is 4.12. The average Bonchev–Trinajstić information content (AvgIpc) is 2.76. The van der Waals surface area contributed by atoms with E-state index >= 15 is 0 Å². The van der Waals surface area contributed by atoms with Crippen LogP contribution in [0.15, 0.2) is 24.4 Å². The van der Waals surface area contributed by atoms with Crippen LogP contribution < -0.4 is 5.32 Å². The summed E-state index contributed by atoms with van der Waals surface area (Å²) in [4.78, 5) is 4.60. The Morgan fingerprint density at radius 2 is 2.44 bits per heavy atom. The van der Waals surface area contributed by atoms with E-state index in [1.54, 1.807) is 0 Å². The van der Waals surface area contributed by atoms with Gasteiger partial charge in [0.15, 0.2) is 0 Å². The lowest BCUT2D eigenvalue weighted by Gasteiger charge is -2.21. The molecule has 84 valence electrons. The van der Waals surface area contributed by atoms with E-state index in [0.29, 0.717) is 0 Å². The van der Waals surface area contributed by atoms with Gasteiger partial charge < -0.3 is 14.5 Å². The highest BCUT2D eigenvalue weighted by atomic mass is 16.5. The third-order valence-electron chi connectivity index (χ3n) is 2.97. The maximum absolute atomic E-state index is 5.70. The van der Waals surface area contributed by atoms with Crippen LogP contribution in [-0.2, 0) is 4.74 Å². The maximum Gasteiger partial charge on any atom is 0.137 e. The molecule has 1 unspecified atom stereocenters. The van der Waals surface area contributed by atoms with Gasteiger partial charge >= 0.3 is 0 Å². The Morgan fingerprint density at radius 1 is 1.50 bits per heavy atom. The molecule has 0 aliphatic carbocycles. The maximum atomic E-state index is 5.70. The van der Waals surface area contributed by atoms with Crippen LogP contribution in [0.2, 0.25) is 0 Å². The number of aryl methyl sites for hydroxylation is 1. The molecule has 0 aromatic carbocycles. The first kappa shape index (κ1) is 9.81. The predicted molar refractivity (Wildman–Crippen MR) is 61.5 cm³/mol. The van der Waals surface area contributed by atoms with Crippen molar-refractivity contribution in [3.05, 3.63) is 35.8 Å². The second-order valence-corrected chi connectivity index (χ2v) is 4.12. The summed E-state index contributed by atoms with van der Waals surface area (Å²) in [5.74, 6) is 0. The summed E-state index contributed by atoms with van der Waals surface area (Å²) in [5.41, 5.74) is 3.20. The van der Waals surface area contributed by atoms with Gasteiger partial charge in [0.1, 0.15) is 11.8 Å². The Labute approximate surface area is 94.3 Å². The summed E-state index contributed by atoms with van der Waals surface area (Å²) >= 11 is 0. The van der Waals surface area contributed by atoms with Gasteiger partial charge in [-0.1, -0.05) is 6.07 Å². The number of ether oxygens (including phenoxy) is 1. The molecule has 1 aliphatic heterocycles. The van der Waals surface area contributed by atoms with E-state index in [1.165, 1.54) is 5.69 Å². The molecule has 0 saturated carbocycles. The minimum atomic E-state index is 0.0908. The van der Waals surface area contributed by atoms with E-state index in [-0.39, 0.29) is 6.10 Å².